The molecule has 0 fully saturated rings. The van der Waals surface area contributed by atoms with Gasteiger partial charge in [0.25, 0.3) is 0 Å². The quantitative estimate of drug-likeness (QED) is 0.602. The van der Waals surface area contributed by atoms with E-state index in [-0.39, 0.29) is 0 Å². The molecular weight excluding hydrogens is 352 g/mol. The summed E-state index contributed by atoms with van der Waals surface area (Å²) in [6, 6.07) is 16.7. The molecule has 0 spiro atoms. The second kappa shape index (κ2) is 8.06. The van der Waals surface area contributed by atoms with Crippen molar-refractivity contribution in [1.29, 1.82) is 0 Å². The van der Waals surface area contributed by atoms with Crippen LogP contribution in [0.2, 0.25) is 5.02 Å². The van der Waals surface area contributed by atoms with Crippen molar-refractivity contribution in [3.05, 3.63) is 70.9 Å². The van der Waals surface area contributed by atoms with E-state index < -0.39 is 5.97 Å². The van der Waals surface area contributed by atoms with Crippen molar-refractivity contribution >= 4 is 17.6 Å². The molecule has 0 bridgehead atoms. The van der Waals surface area contributed by atoms with E-state index >= 15 is 0 Å². The second-order valence-corrected chi connectivity index (χ2v) is 6.08. The summed E-state index contributed by atoms with van der Waals surface area (Å²) >= 11 is 5.94. The topological polar surface area (TPSA) is 53.4 Å². The van der Waals surface area contributed by atoms with Crippen LogP contribution in [0.15, 0.2) is 54.6 Å². The molecule has 0 aliphatic rings. The number of aromatic nitrogens is 2. The SMILES string of the molecule is CCOC(=O)c1cc(-c2ccc(OC)cc2)nn1Cc1ccc(Cl)cc1. The summed E-state index contributed by atoms with van der Waals surface area (Å²) in [5.41, 5.74) is 2.99. The molecule has 0 amide bonds. The predicted octanol–water partition coefficient (Wildman–Crippen LogP) is 4.44. The van der Waals surface area contributed by atoms with E-state index in [4.69, 9.17) is 21.1 Å². The van der Waals surface area contributed by atoms with Crippen molar-refractivity contribution in [3.63, 3.8) is 0 Å². The molecule has 26 heavy (non-hydrogen) atoms. The fourth-order valence-corrected chi connectivity index (χ4v) is 2.70. The first-order valence-electron chi connectivity index (χ1n) is 8.24. The lowest BCUT2D eigenvalue weighted by Gasteiger charge is -2.07. The number of nitrogens with zero attached hydrogens (tertiary/aromatic N) is 2. The normalized spacial score (nSPS) is 10.6. The number of methoxy groups -OCH3 is 1. The van der Waals surface area contributed by atoms with Crippen LogP contribution in [-0.4, -0.2) is 29.5 Å². The van der Waals surface area contributed by atoms with E-state index in [0.29, 0.717) is 29.6 Å². The van der Waals surface area contributed by atoms with Crippen molar-refractivity contribution < 1.29 is 14.3 Å². The summed E-state index contributed by atoms with van der Waals surface area (Å²) in [6.45, 7) is 2.53. The van der Waals surface area contributed by atoms with Crippen LogP contribution in [-0.2, 0) is 11.3 Å². The molecular formula is C20H19ClN2O3. The molecule has 0 saturated heterocycles. The minimum absolute atomic E-state index is 0.308. The molecule has 1 heterocycles. The first-order chi connectivity index (χ1) is 12.6. The fraction of sp³-hybridized carbons (Fsp3) is 0.200. The highest BCUT2D eigenvalue weighted by molar-refractivity contribution is 6.30. The lowest BCUT2D eigenvalue weighted by atomic mass is 10.1. The van der Waals surface area contributed by atoms with Gasteiger partial charge in [0, 0.05) is 10.6 Å². The third-order valence-corrected chi connectivity index (χ3v) is 4.15. The Morgan fingerprint density at radius 3 is 2.42 bits per heavy atom. The molecule has 1 aromatic heterocycles. The van der Waals surface area contributed by atoms with Crippen LogP contribution in [0.4, 0.5) is 0 Å². The van der Waals surface area contributed by atoms with Gasteiger partial charge >= 0.3 is 5.97 Å². The number of hydrogen-bond acceptors (Lipinski definition) is 4. The number of carbonyl (C=O) groups excluding carboxylic acids is 1. The molecule has 3 aromatic rings. The summed E-state index contributed by atoms with van der Waals surface area (Å²) in [4.78, 5) is 12.3. The maximum Gasteiger partial charge on any atom is 0.356 e. The van der Waals surface area contributed by atoms with E-state index in [0.717, 1.165) is 16.9 Å². The van der Waals surface area contributed by atoms with Crippen molar-refractivity contribution in [2.45, 2.75) is 13.5 Å². The largest absolute Gasteiger partial charge is 0.497 e. The van der Waals surface area contributed by atoms with E-state index in [1.54, 1.807) is 24.8 Å². The van der Waals surface area contributed by atoms with Crippen LogP contribution in [0, 0.1) is 0 Å². The minimum atomic E-state index is -0.395. The number of hydrogen-bond donors (Lipinski definition) is 0. The van der Waals surface area contributed by atoms with Gasteiger partial charge in [0.05, 0.1) is 26.0 Å². The smallest absolute Gasteiger partial charge is 0.356 e. The number of rotatable bonds is 6. The highest BCUT2D eigenvalue weighted by Crippen LogP contribution is 2.23. The molecule has 0 N–H and O–H groups in total. The molecule has 5 nitrogen and oxygen atoms in total. The number of ether oxygens (including phenoxy) is 2. The van der Waals surface area contributed by atoms with Gasteiger partial charge in [-0.1, -0.05) is 23.7 Å². The van der Waals surface area contributed by atoms with Gasteiger partial charge in [0.2, 0.25) is 0 Å². The monoisotopic (exact) mass is 370 g/mol. The highest BCUT2D eigenvalue weighted by atomic mass is 35.5. The molecule has 0 saturated carbocycles. The first-order valence-corrected chi connectivity index (χ1v) is 8.62. The third kappa shape index (κ3) is 4.06. The number of esters is 1. The van der Waals surface area contributed by atoms with Gasteiger partial charge < -0.3 is 9.47 Å². The summed E-state index contributed by atoms with van der Waals surface area (Å²) in [5, 5.41) is 5.26. The highest BCUT2D eigenvalue weighted by Gasteiger charge is 2.17. The number of benzene rings is 2. The molecule has 0 unspecified atom stereocenters. The summed E-state index contributed by atoms with van der Waals surface area (Å²) in [7, 11) is 1.62. The number of carbonyl (C=O) groups is 1. The Balaban J connectivity index is 1.96. The van der Waals surface area contributed by atoms with Crippen LogP contribution in [0.5, 0.6) is 5.75 Å². The zero-order chi connectivity index (χ0) is 18.5. The summed E-state index contributed by atoms with van der Waals surface area (Å²) < 4.78 is 12.0. The summed E-state index contributed by atoms with van der Waals surface area (Å²) in [5.74, 6) is 0.369. The van der Waals surface area contributed by atoms with Crippen LogP contribution < -0.4 is 4.74 Å². The maximum atomic E-state index is 12.3. The third-order valence-electron chi connectivity index (χ3n) is 3.90. The molecule has 134 valence electrons. The van der Waals surface area contributed by atoms with E-state index in [9.17, 15) is 4.79 Å². The fourth-order valence-electron chi connectivity index (χ4n) is 2.57. The molecule has 0 aliphatic heterocycles. The Morgan fingerprint density at radius 2 is 1.81 bits per heavy atom. The van der Waals surface area contributed by atoms with Gasteiger partial charge in [0.15, 0.2) is 0 Å². The molecule has 0 atom stereocenters. The van der Waals surface area contributed by atoms with Crippen LogP contribution >= 0.6 is 11.6 Å². The molecule has 2 aromatic carbocycles. The van der Waals surface area contributed by atoms with Gasteiger partial charge in [0.1, 0.15) is 11.4 Å². The average Bonchev–Trinajstić information content (AvgIpc) is 3.08. The van der Waals surface area contributed by atoms with Gasteiger partial charge in [-0.3, -0.25) is 4.68 Å². The van der Waals surface area contributed by atoms with Gasteiger partial charge in [-0.15, -0.1) is 0 Å². The lowest BCUT2D eigenvalue weighted by Crippen LogP contribution is -2.14. The van der Waals surface area contributed by atoms with E-state index in [1.165, 1.54) is 0 Å². The second-order valence-electron chi connectivity index (χ2n) is 5.65. The van der Waals surface area contributed by atoms with E-state index in [2.05, 4.69) is 5.10 Å². The van der Waals surface area contributed by atoms with Crippen molar-refractivity contribution in [2.24, 2.45) is 0 Å². The molecule has 3 rings (SSSR count). The molecule has 0 aliphatic carbocycles. The number of halogens is 1. The first kappa shape index (κ1) is 18.0. The van der Waals surface area contributed by atoms with Crippen LogP contribution in [0.25, 0.3) is 11.3 Å². The molecule has 0 radical (unpaired) electrons. The Bertz CT molecular complexity index is 886. The Morgan fingerprint density at radius 1 is 1.12 bits per heavy atom. The minimum Gasteiger partial charge on any atom is -0.497 e. The zero-order valence-electron chi connectivity index (χ0n) is 14.6. The Kier molecular flexibility index (Phi) is 5.58. The van der Waals surface area contributed by atoms with Crippen LogP contribution in [0.3, 0.4) is 0 Å². The van der Waals surface area contributed by atoms with Crippen molar-refractivity contribution in [3.8, 4) is 17.0 Å². The lowest BCUT2D eigenvalue weighted by molar-refractivity contribution is 0.0512. The van der Waals surface area contributed by atoms with Crippen molar-refractivity contribution in [1.82, 2.24) is 9.78 Å². The molecule has 6 heteroatoms. The zero-order valence-corrected chi connectivity index (χ0v) is 15.4. The van der Waals surface area contributed by atoms with Crippen molar-refractivity contribution in [2.75, 3.05) is 13.7 Å². The van der Waals surface area contributed by atoms with Gasteiger partial charge in [-0.05, 0) is 55.0 Å². The predicted molar refractivity (Wildman–Crippen MR) is 101 cm³/mol. The van der Waals surface area contributed by atoms with Gasteiger partial charge in [-0.25, -0.2) is 4.79 Å². The average molecular weight is 371 g/mol. The summed E-state index contributed by atoms with van der Waals surface area (Å²) in [6.07, 6.45) is 0. The maximum absolute atomic E-state index is 12.3. The standard InChI is InChI=1S/C20H19ClN2O3/c1-3-26-20(24)19-12-18(15-6-10-17(25-2)11-7-15)22-23(19)13-14-4-8-16(21)9-5-14/h4-12H,3,13H2,1-2H3. The van der Waals surface area contributed by atoms with E-state index in [1.807, 2.05) is 48.5 Å². The Hall–Kier alpha value is -2.79. The Labute approximate surface area is 157 Å². The van der Waals surface area contributed by atoms with Gasteiger partial charge in [-0.2, -0.15) is 5.10 Å². The van der Waals surface area contributed by atoms with Crippen LogP contribution in [0.1, 0.15) is 23.0 Å².